The van der Waals surface area contributed by atoms with Crippen LogP contribution in [0.1, 0.15) is 11.1 Å². The molecule has 15 heavy (non-hydrogen) atoms. The standard InChI is InChI=1S/C11H16BrNO2/c1-7-3-9(12)4-8(2)11(7)13-5-10(15)6-14/h3-4,10,13-15H,5-6H2,1-2H3. The van der Waals surface area contributed by atoms with E-state index >= 15 is 0 Å². The highest BCUT2D eigenvalue weighted by molar-refractivity contribution is 9.10. The Kier molecular flexibility index (Phi) is 4.57. The molecule has 0 aromatic heterocycles. The summed E-state index contributed by atoms with van der Waals surface area (Å²) in [6.45, 7) is 4.15. The van der Waals surface area contributed by atoms with Crippen LogP contribution in [0.5, 0.6) is 0 Å². The van der Waals surface area contributed by atoms with Gasteiger partial charge in [-0.25, -0.2) is 0 Å². The number of hydrogen-bond acceptors (Lipinski definition) is 3. The fourth-order valence-corrected chi connectivity index (χ4v) is 2.16. The first-order chi connectivity index (χ1) is 7.04. The van der Waals surface area contributed by atoms with Crippen LogP contribution < -0.4 is 5.32 Å². The Hall–Kier alpha value is -0.580. The van der Waals surface area contributed by atoms with Crippen molar-refractivity contribution in [3.63, 3.8) is 0 Å². The first kappa shape index (κ1) is 12.5. The van der Waals surface area contributed by atoms with E-state index in [0.29, 0.717) is 6.54 Å². The average molecular weight is 274 g/mol. The second-order valence-corrected chi connectivity index (χ2v) is 4.55. The van der Waals surface area contributed by atoms with E-state index in [2.05, 4.69) is 21.2 Å². The molecule has 0 saturated carbocycles. The Morgan fingerprint density at radius 2 is 1.87 bits per heavy atom. The molecule has 1 aromatic rings. The minimum atomic E-state index is -0.715. The second-order valence-electron chi connectivity index (χ2n) is 3.63. The lowest BCUT2D eigenvalue weighted by atomic mass is 10.1. The zero-order valence-electron chi connectivity index (χ0n) is 8.92. The van der Waals surface area contributed by atoms with Gasteiger partial charge in [-0.3, -0.25) is 0 Å². The summed E-state index contributed by atoms with van der Waals surface area (Å²) >= 11 is 3.42. The normalized spacial score (nSPS) is 12.6. The van der Waals surface area contributed by atoms with Crippen LogP contribution in [-0.4, -0.2) is 29.5 Å². The Morgan fingerprint density at radius 1 is 1.33 bits per heavy atom. The lowest BCUT2D eigenvalue weighted by Gasteiger charge is -2.15. The van der Waals surface area contributed by atoms with Gasteiger partial charge in [-0.15, -0.1) is 0 Å². The van der Waals surface area contributed by atoms with Gasteiger partial charge in [-0.1, -0.05) is 15.9 Å². The number of aryl methyl sites for hydroxylation is 2. The zero-order chi connectivity index (χ0) is 11.4. The topological polar surface area (TPSA) is 52.5 Å². The maximum atomic E-state index is 9.23. The maximum Gasteiger partial charge on any atom is 0.0942 e. The lowest BCUT2D eigenvalue weighted by molar-refractivity contribution is 0.105. The molecule has 4 heteroatoms. The molecule has 3 N–H and O–H groups in total. The summed E-state index contributed by atoms with van der Waals surface area (Å²) in [6, 6.07) is 4.03. The molecule has 1 atom stereocenters. The number of aliphatic hydroxyl groups excluding tert-OH is 2. The van der Waals surface area contributed by atoms with Crippen molar-refractivity contribution in [1.29, 1.82) is 0 Å². The van der Waals surface area contributed by atoms with E-state index in [-0.39, 0.29) is 6.61 Å². The summed E-state index contributed by atoms with van der Waals surface area (Å²) in [5, 5.41) is 21.1. The van der Waals surface area contributed by atoms with E-state index in [0.717, 1.165) is 21.3 Å². The largest absolute Gasteiger partial charge is 0.394 e. The van der Waals surface area contributed by atoms with Crippen molar-refractivity contribution in [3.05, 3.63) is 27.7 Å². The minimum Gasteiger partial charge on any atom is -0.394 e. The average Bonchev–Trinajstić information content (AvgIpc) is 2.15. The molecule has 0 heterocycles. The molecule has 0 aliphatic carbocycles. The smallest absolute Gasteiger partial charge is 0.0942 e. The van der Waals surface area contributed by atoms with Crippen molar-refractivity contribution in [1.82, 2.24) is 0 Å². The molecule has 0 radical (unpaired) electrons. The summed E-state index contributed by atoms with van der Waals surface area (Å²) in [7, 11) is 0. The summed E-state index contributed by atoms with van der Waals surface area (Å²) in [6.07, 6.45) is -0.715. The molecular weight excluding hydrogens is 258 g/mol. The van der Waals surface area contributed by atoms with E-state index in [1.54, 1.807) is 0 Å². The lowest BCUT2D eigenvalue weighted by Crippen LogP contribution is -2.23. The zero-order valence-corrected chi connectivity index (χ0v) is 10.5. The van der Waals surface area contributed by atoms with Gasteiger partial charge < -0.3 is 15.5 Å². The van der Waals surface area contributed by atoms with Gasteiger partial charge >= 0.3 is 0 Å². The molecule has 3 nitrogen and oxygen atoms in total. The number of halogens is 1. The SMILES string of the molecule is Cc1cc(Br)cc(C)c1NCC(O)CO. The van der Waals surface area contributed by atoms with Crippen molar-refractivity contribution in [2.75, 3.05) is 18.5 Å². The molecule has 84 valence electrons. The van der Waals surface area contributed by atoms with Crippen molar-refractivity contribution < 1.29 is 10.2 Å². The molecule has 0 saturated heterocycles. The van der Waals surface area contributed by atoms with E-state index < -0.39 is 6.10 Å². The summed E-state index contributed by atoms with van der Waals surface area (Å²) in [5.41, 5.74) is 3.25. The molecule has 1 aromatic carbocycles. The minimum absolute atomic E-state index is 0.221. The number of rotatable bonds is 4. The van der Waals surface area contributed by atoms with Crippen LogP contribution in [0, 0.1) is 13.8 Å². The van der Waals surface area contributed by atoms with Gasteiger partial charge in [0, 0.05) is 16.7 Å². The van der Waals surface area contributed by atoms with Crippen LogP contribution in [0.2, 0.25) is 0 Å². The van der Waals surface area contributed by atoms with E-state index in [9.17, 15) is 5.11 Å². The Labute approximate surface area is 98.3 Å². The van der Waals surface area contributed by atoms with Gasteiger partial charge in [0.15, 0.2) is 0 Å². The van der Waals surface area contributed by atoms with E-state index in [1.165, 1.54) is 0 Å². The van der Waals surface area contributed by atoms with Gasteiger partial charge in [0.05, 0.1) is 12.7 Å². The number of aliphatic hydroxyl groups is 2. The van der Waals surface area contributed by atoms with Crippen LogP contribution in [0.15, 0.2) is 16.6 Å². The number of anilines is 1. The molecule has 0 amide bonds. The summed E-state index contributed by atoms with van der Waals surface area (Å²) < 4.78 is 1.05. The summed E-state index contributed by atoms with van der Waals surface area (Å²) in [5.74, 6) is 0. The van der Waals surface area contributed by atoms with Crippen molar-refractivity contribution in [3.8, 4) is 0 Å². The predicted molar refractivity (Wildman–Crippen MR) is 65.2 cm³/mol. The van der Waals surface area contributed by atoms with Crippen molar-refractivity contribution in [2.24, 2.45) is 0 Å². The third-order valence-electron chi connectivity index (χ3n) is 2.22. The number of nitrogens with one attached hydrogen (secondary N) is 1. The highest BCUT2D eigenvalue weighted by Gasteiger charge is 2.06. The highest BCUT2D eigenvalue weighted by Crippen LogP contribution is 2.24. The molecule has 0 spiro atoms. The fraction of sp³-hybridized carbons (Fsp3) is 0.455. The molecule has 1 rings (SSSR count). The maximum absolute atomic E-state index is 9.23. The molecule has 0 fully saturated rings. The first-order valence-electron chi connectivity index (χ1n) is 4.84. The first-order valence-corrected chi connectivity index (χ1v) is 5.63. The van der Waals surface area contributed by atoms with Crippen LogP contribution in [0.25, 0.3) is 0 Å². The third kappa shape index (κ3) is 3.48. The van der Waals surface area contributed by atoms with E-state index in [4.69, 9.17) is 5.11 Å². The third-order valence-corrected chi connectivity index (χ3v) is 2.68. The Bertz CT molecular complexity index is 318. The Morgan fingerprint density at radius 3 is 2.33 bits per heavy atom. The van der Waals surface area contributed by atoms with Gasteiger partial charge in [0.25, 0.3) is 0 Å². The molecule has 0 aliphatic heterocycles. The molecule has 0 bridgehead atoms. The van der Waals surface area contributed by atoms with Gasteiger partial charge in [-0.05, 0) is 37.1 Å². The van der Waals surface area contributed by atoms with Crippen LogP contribution in [0.4, 0.5) is 5.69 Å². The quantitative estimate of drug-likeness (QED) is 0.785. The number of hydrogen-bond donors (Lipinski definition) is 3. The molecule has 0 aliphatic rings. The van der Waals surface area contributed by atoms with Crippen molar-refractivity contribution in [2.45, 2.75) is 20.0 Å². The highest BCUT2D eigenvalue weighted by atomic mass is 79.9. The molecule has 1 unspecified atom stereocenters. The van der Waals surface area contributed by atoms with Gasteiger partial charge in [-0.2, -0.15) is 0 Å². The Balaban J connectivity index is 2.77. The van der Waals surface area contributed by atoms with Gasteiger partial charge in [0.2, 0.25) is 0 Å². The van der Waals surface area contributed by atoms with Crippen LogP contribution in [-0.2, 0) is 0 Å². The van der Waals surface area contributed by atoms with Crippen molar-refractivity contribution >= 4 is 21.6 Å². The van der Waals surface area contributed by atoms with Crippen LogP contribution in [0.3, 0.4) is 0 Å². The van der Waals surface area contributed by atoms with Gasteiger partial charge in [0.1, 0.15) is 0 Å². The second kappa shape index (κ2) is 5.49. The summed E-state index contributed by atoms with van der Waals surface area (Å²) in [4.78, 5) is 0. The molecular formula is C11H16BrNO2. The van der Waals surface area contributed by atoms with E-state index in [1.807, 2.05) is 26.0 Å². The predicted octanol–water partition coefficient (Wildman–Crippen LogP) is 1.83. The monoisotopic (exact) mass is 273 g/mol. The number of benzene rings is 1. The van der Waals surface area contributed by atoms with Crippen LogP contribution >= 0.6 is 15.9 Å². The fourth-order valence-electron chi connectivity index (χ4n) is 1.47.